The van der Waals surface area contributed by atoms with Gasteiger partial charge in [-0.3, -0.25) is 4.79 Å². The highest BCUT2D eigenvalue weighted by atomic mass is 16.1. The van der Waals surface area contributed by atoms with Gasteiger partial charge >= 0.3 is 0 Å². The first-order valence-corrected chi connectivity index (χ1v) is 7.62. The Hall–Kier alpha value is -1.69. The van der Waals surface area contributed by atoms with Gasteiger partial charge < -0.3 is 16.0 Å². The molecule has 21 heavy (non-hydrogen) atoms. The topological polar surface area (TPSA) is 84.1 Å². The van der Waals surface area contributed by atoms with Crippen LogP contribution in [0.1, 0.15) is 56.3 Å². The highest BCUT2D eigenvalue weighted by Crippen LogP contribution is 2.13. The molecule has 6 nitrogen and oxygen atoms in total. The summed E-state index contributed by atoms with van der Waals surface area (Å²) >= 11 is 0. The number of hydrogen-bond donors (Lipinski definition) is 2. The number of hydrogen-bond acceptors (Lipinski definition) is 5. The second kappa shape index (κ2) is 8.56. The van der Waals surface area contributed by atoms with Gasteiger partial charge in [0, 0.05) is 12.5 Å². The van der Waals surface area contributed by atoms with E-state index in [1.807, 2.05) is 13.8 Å². The third-order valence-corrected chi connectivity index (χ3v) is 3.40. The fourth-order valence-corrected chi connectivity index (χ4v) is 1.99. The van der Waals surface area contributed by atoms with Gasteiger partial charge in [-0.1, -0.05) is 27.7 Å². The van der Waals surface area contributed by atoms with Crippen LogP contribution in [0, 0.1) is 0 Å². The Morgan fingerprint density at radius 1 is 1.38 bits per heavy atom. The molecule has 0 fully saturated rings. The lowest BCUT2D eigenvalue weighted by atomic mass is 10.2. The minimum absolute atomic E-state index is 0.166. The minimum atomic E-state index is -0.226. The van der Waals surface area contributed by atoms with Gasteiger partial charge in [0.05, 0.1) is 11.9 Å². The zero-order chi connectivity index (χ0) is 15.8. The lowest BCUT2D eigenvalue weighted by Crippen LogP contribution is -2.31. The second-order valence-corrected chi connectivity index (χ2v) is 5.32. The molecule has 0 aliphatic heterocycles. The van der Waals surface area contributed by atoms with E-state index in [-0.39, 0.29) is 17.5 Å². The number of anilines is 1. The second-order valence-electron chi connectivity index (χ2n) is 5.32. The van der Waals surface area contributed by atoms with Crippen molar-refractivity contribution in [2.75, 3.05) is 31.9 Å². The first-order valence-electron chi connectivity index (χ1n) is 7.62. The summed E-state index contributed by atoms with van der Waals surface area (Å²) in [5.41, 5.74) is 6.39. The summed E-state index contributed by atoms with van der Waals surface area (Å²) < 4.78 is 0. The fraction of sp³-hybridized carbons (Fsp3) is 0.667. The van der Waals surface area contributed by atoms with Gasteiger partial charge in [0.25, 0.3) is 5.91 Å². The predicted octanol–water partition coefficient (Wildman–Crippen LogP) is 1.64. The van der Waals surface area contributed by atoms with Gasteiger partial charge in [0.15, 0.2) is 5.69 Å². The monoisotopic (exact) mass is 293 g/mol. The van der Waals surface area contributed by atoms with E-state index in [1.165, 1.54) is 6.20 Å². The van der Waals surface area contributed by atoms with Gasteiger partial charge in [-0.2, -0.15) is 0 Å². The Labute approximate surface area is 127 Å². The van der Waals surface area contributed by atoms with Crippen molar-refractivity contribution >= 4 is 11.6 Å². The lowest BCUT2D eigenvalue weighted by molar-refractivity contribution is 0.0947. The molecule has 0 radical (unpaired) electrons. The normalized spacial score (nSPS) is 11.1. The van der Waals surface area contributed by atoms with Crippen molar-refractivity contribution in [2.24, 2.45) is 0 Å². The van der Waals surface area contributed by atoms with E-state index in [0.29, 0.717) is 18.1 Å². The molecule has 0 saturated carbocycles. The first kappa shape index (κ1) is 17.4. The molecular formula is C15H27N5O. The summed E-state index contributed by atoms with van der Waals surface area (Å²) in [5, 5.41) is 2.87. The van der Waals surface area contributed by atoms with Crippen LogP contribution < -0.4 is 11.1 Å². The minimum Gasteiger partial charge on any atom is -0.396 e. The van der Waals surface area contributed by atoms with E-state index >= 15 is 0 Å². The van der Waals surface area contributed by atoms with Crippen molar-refractivity contribution in [2.45, 2.75) is 40.0 Å². The molecule has 3 N–H and O–H groups in total. The summed E-state index contributed by atoms with van der Waals surface area (Å²) in [6.45, 7) is 11.9. The molecule has 0 unspecified atom stereocenters. The zero-order valence-corrected chi connectivity index (χ0v) is 13.5. The molecule has 1 aromatic rings. The van der Waals surface area contributed by atoms with Crippen molar-refractivity contribution in [3.05, 3.63) is 17.7 Å². The average Bonchev–Trinajstić information content (AvgIpc) is 2.47. The van der Waals surface area contributed by atoms with Crippen molar-refractivity contribution in [3.8, 4) is 0 Å². The standard InChI is InChI=1S/C15H27N5O/c1-5-20(6-2)9-7-8-17-15(21)13-12(16)10-18-14(19-13)11(3)4/h10-11H,5-9,16H2,1-4H3,(H,17,21). The molecule has 1 heterocycles. The molecular weight excluding hydrogens is 266 g/mol. The smallest absolute Gasteiger partial charge is 0.272 e. The zero-order valence-electron chi connectivity index (χ0n) is 13.5. The molecule has 1 amide bonds. The van der Waals surface area contributed by atoms with Crippen LogP contribution in [0.5, 0.6) is 0 Å². The molecule has 0 aliphatic carbocycles. The number of carbonyl (C=O) groups is 1. The Morgan fingerprint density at radius 2 is 2.05 bits per heavy atom. The summed E-state index contributed by atoms with van der Waals surface area (Å²) in [5.74, 6) is 0.577. The quantitative estimate of drug-likeness (QED) is 0.712. The van der Waals surface area contributed by atoms with Crippen molar-refractivity contribution in [1.29, 1.82) is 0 Å². The molecule has 0 spiro atoms. The predicted molar refractivity (Wildman–Crippen MR) is 85.3 cm³/mol. The first-order chi connectivity index (χ1) is 9.99. The molecule has 1 aromatic heterocycles. The maximum Gasteiger partial charge on any atom is 0.272 e. The van der Waals surface area contributed by atoms with Crippen molar-refractivity contribution in [1.82, 2.24) is 20.2 Å². The van der Waals surface area contributed by atoms with Crippen LogP contribution in [0.25, 0.3) is 0 Å². The number of carbonyl (C=O) groups excluding carboxylic acids is 1. The van der Waals surface area contributed by atoms with Crippen LogP contribution in [0.2, 0.25) is 0 Å². The molecule has 0 aromatic carbocycles. The number of nitrogens with one attached hydrogen (secondary N) is 1. The fourth-order valence-electron chi connectivity index (χ4n) is 1.99. The summed E-state index contributed by atoms with van der Waals surface area (Å²) in [6.07, 6.45) is 2.42. The molecule has 1 rings (SSSR count). The maximum absolute atomic E-state index is 12.1. The lowest BCUT2D eigenvalue weighted by Gasteiger charge is -2.17. The Bertz CT molecular complexity index is 457. The number of nitrogens with zero attached hydrogens (tertiary/aromatic N) is 3. The van der Waals surface area contributed by atoms with E-state index in [9.17, 15) is 4.79 Å². The third kappa shape index (κ3) is 5.30. The summed E-state index contributed by atoms with van der Waals surface area (Å²) in [4.78, 5) is 22.8. The molecule has 118 valence electrons. The number of nitrogen functional groups attached to an aromatic ring is 1. The summed E-state index contributed by atoms with van der Waals surface area (Å²) in [6, 6.07) is 0. The maximum atomic E-state index is 12.1. The van der Waals surface area contributed by atoms with Gasteiger partial charge in [0.2, 0.25) is 0 Å². The van der Waals surface area contributed by atoms with E-state index < -0.39 is 0 Å². The third-order valence-electron chi connectivity index (χ3n) is 3.40. The highest BCUT2D eigenvalue weighted by molar-refractivity contribution is 5.96. The van der Waals surface area contributed by atoms with Gasteiger partial charge in [0.1, 0.15) is 5.82 Å². The Kier molecular flexibility index (Phi) is 7.08. The van der Waals surface area contributed by atoms with Crippen molar-refractivity contribution < 1.29 is 4.79 Å². The number of rotatable bonds is 8. The summed E-state index contributed by atoms with van der Waals surface area (Å²) in [7, 11) is 0. The molecule has 0 saturated heterocycles. The highest BCUT2D eigenvalue weighted by Gasteiger charge is 2.14. The molecule has 0 bridgehead atoms. The van der Waals surface area contributed by atoms with E-state index in [2.05, 4.69) is 34.0 Å². The van der Waals surface area contributed by atoms with Crippen LogP contribution in [0.15, 0.2) is 6.20 Å². The van der Waals surface area contributed by atoms with E-state index in [4.69, 9.17) is 5.73 Å². The van der Waals surface area contributed by atoms with Crippen LogP contribution in [-0.2, 0) is 0 Å². The molecule has 0 aliphatic rings. The van der Waals surface area contributed by atoms with E-state index in [1.54, 1.807) is 0 Å². The van der Waals surface area contributed by atoms with Crippen molar-refractivity contribution in [3.63, 3.8) is 0 Å². The van der Waals surface area contributed by atoms with Crippen LogP contribution >= 0.6 is 0 Å². The number of nitrogens with two attached hydrogens (primary N) is 1. The number of aromatic nitrogens is 2. The molecule has 6 heteroatoms. The van der Waals surface area contributed by atoms with Gasteiger partial charge in [-0.05, 0) is 26.1 Å². The number of amides is 1. The Balaban J connectivity index is 2.54. The van der Waals surface area contributed by atoms with Crippen LogP contribution in [0.4, 0.5) is 5.69 Å². The van der Waals surface area contributed by atoms with Gasteiger partial charge in [-0.25, -0.2) is 9.97 Å². The SMILES string of the molecule is CCN(CC)CCCNC(=O)c1nc(C(C)C)ncc1N. The van der Waals surface area contributed by atoms with Crippen LogP contribution in [-0.4, -0.2) is 47.0 Å². The van der Waals surface area contributed by atoms with Crippen LogP contribution in [0.3, 0.4) is 0 Å². The Morgan fingerprint density at radius 3 is 2.62 bits per heavy atom. The van der Waals surface area contributed by atoms with Gasteiger partial charge in [-0.15, -0.1) is 0 Å². The average molecular weight is 293 g/mol. The van der Waals surface area contributed by atoms with E-state index in [0.717, 1.165) is 26.1 Å². The molecule has 0 atom stereocenters. The largest absolute Gasteiger partial charge is 0.396 e.